The largest absolute Gasteiger partial charge is 0.332 e. The van der Waals surface area contributed by atoms with E-state index < -0.39 is 5.95 Å². The van der Waals surface area contributed by atoms with Crippen molar-refractivity contribution in [3.63, 3.8) is 0 Å². The van der Waals surface area contributed by atoms with Crippen LogP contribution < -0.4 is 4.90 Å². The van der Waals surface area contributed by atoms with Crippen LogP contribution in [0.3, 0.4) is 0 Å². The molecule has 4 heteroatoms. The molecule has 0 saturated carbocycles. The van der Waals surface area contributed by atoms with E-state index in [1.165, 1.54) is 29.1 Å². The first-order valence-corrected chi connectivity index (χ1v) is 8.60. The molecule has 0 saturated heterocycles. The summed E-state index contributed by atoms with van der Waals surface area (Å²) in [6.45, 7) is 4.23. The smallest absolute Gasteiger partial charge is 0.213 e. The highest BCUT2D eigenvalue weighted by Gasteiger charge is 2.17. The highest BCUT2D eigenvalue weighted by Crippen LogP contribution is 2.30. The lowest BCUT2D eigenvalue weighted by atomic mass is 10.1. The minimum absolute atomic E-state index is 0.192. The number of allylic oxidation sites excluding steroid dienone is 2. The second-order valence-corrected chi connectivity index (χ2v) is 6.77. The van der Waals surface area contributed by atoms with Crippen molar-refractivity contribution < 1.29 is 4.39 Å². The van der Waals surface area contributed by atoms with Gasteiger partial charge in [-0.05, 0) is 60.9 Å². The highest BCUT2D eigenvalue weighted by molar-refractivity contribution is 7.99. The van der Waals surface area contributed by atoms with E-state index in [1.54, 1.807) is 11.8 Å². The number of benzene rings is 1. The SMILES string of the molecule is Cc1cc(C)cc(N2C=CC=CC2SCc2ccnc(F)c2)c1. The van der Waals surface area contributed by atoms with Crippen molar-refractivity contribution in [1.82, 2.24) is 4.98 Å². The standard InChI is InChI=1S/C19H19FN2S/c1-14-9-15(2)11-17(10-14)22-8-4-3-5-19(22)23-13-16-6-7-21-18(20)12-16/h3-12,19H,13H2,1-2H3. The Labute approximate surface area is 140 Å². The summed E-state index contributed by atoms with van der Waals surface area (Å²) in [5.74, 6) is 0.317. The van der Waals surface area contributed by atoms with Gasteiger partial charge in [-0.15, -0.1) is 11.8 Å². The molecule has 23 heavy (non-hydrogen) atoms. The zero-order valence-corrected chi connectivity index (χ0v) is 14.1. The fourth-order valence-corrected chi connectivity index (χ4v) is 3.76. The summed E-state index contributed by atoms with van der Waals surface area (Å²) in [6.07, 6.45) is 9.88. The quantitative estimate of drug-likeness (QED) is 0.737. The summed E-state index contributed by atoms with van der Waals surface area (Å²) in [4.78, 5) is 5.86. The van der Waals surface area contributed by atoms with Crippen molar-refractivity contribution in [2.45, 2.75) is 25.0 Å². The van der Waals surface area contributed by atoms with E-state index in [0.717, 1.165) is 11.3 Å². The molecule has 0 N–H and O–H groups in total. The minimum Gasteiger partial charge on any atom is -0.332 e. The summed E-state index contributed by atoms with van der Waals surface area (Å²) in [5, 5.41) is 0.192. The number of rotatable bonds is 4. The van der Waals surface area contributed by atoms with Gasteiger partial charge in [0, 0.05) is 23.8 Å². The minimum atomic E-state index is -0.423. The van der Waals surface area contributed by atoms with E-state index in [4.69, 9.17) is 0 Å². The molecule has 0 fully saturated rings. The number of anilines is 1. The van der Waals surface area contributed by atoms with Crippen LogP contribution in [0, 0.1) is 19.8 Å². The number of hydrogen-bond donors (Lipinski definition) is 0. The van der Waals surface area contributed by atoms with Crippen molar-refractivity contribution in [2.75, 3.05) is 4.90 Å². The molecule has 1 aliphatic heterocycles. The molecule has 2 heterocycles. The van der Waals surface area contributed by atoms with E-state index in [9.17, 15) is 4.39 Å². The van der Waals surface area contributed by atoms with Gasteiger partial charge in [-0.1, -0.05) is 18.2 Å². The number of hydrogen-bond acceptors (Lipinski definition) is 3. The monoisotopic (exact) mass is 326 g/mol. The summed E-state index contributed by atoms with van der Waals surface area (Å²) in [6, 6.07) is 9.91. The Morgan fingerprint density at radius 2 is 1.91 bits per heavy atom. The second-order valence-electron chi connectivity index (χ2n) is 5.67. The first-order chi connectivity index (χ1) is 11.1. The molecule has 2 aromatic rings. The Morgan fingerprint density at radius 3 is 2.65 bits per heavy atom. The molecule has 0 aliphatic carbocycles. The van der Waals surface area contributed by atoms with Crippen molar-refractivity contribution in [3.8, 4) is 0 Å². The molecular weight excluding hydrogens is 307 g/mol. The molecule has 0 amide bonds. The molecule has 1 aliphatic rings. The van der Waals surface area contributed by atoms with Crippen LogP contribution in [0.1, 0.15) is 16.7 Å². The molecule has 1 aromatic carbocycles. The fourth-order valence-electron chi connectivity index (χ4n) is 2.66. The van der Waals surface area contributed by atoms with Gasteiger partial charge < -0.3 is 4.90 Å². The van der Waals surface area contributed by atoms with Crippen molar-refractivity contribution in [2.24, 2.45) is 0 Å². The number of nitrogens with zero attached hydrogens (tertiary/aromatic N) is 2. The van der Waals surface area contributed by atoms with Crippen LogP contribution in [-0.4, -0.2) is 10.4 Å². The van der Waals surface area contributed by atoms with Gasteiger partial charge in [-0.3, -0.25) is 0 Å². The lowest BCUT2D eigenvalue weighted by Gasteiger charge is -2.30. The fraction of sp³-hybridized carbons (Fsp3) is 0.211. The number of aryl methyl sites for hydroxylation is 2. The Kier molecular flexibility index (Phi) is 4.82. The summed E-state index contributed by atoms with van der Waals surface area (Å²) in [7, 11) is 0. The topological polar surface area (TPSA) is 16.1 Å². The molecular formula is C19H19FN2S. The molecule has 2 nitrogen and oxygen atoms in total. The van der Waals surface area contributed by atoms with Gasteiger partial charge in [0.15, 0.2) is 0 Å². The predicted molar refractivity (Wildman–Crippen MR) is 96.0 cm³/mol. The molecule has 3 rings (SSSR count). The summed E-state index contributed by atoms with van der Waals surface area (Å²) >= 11 is 1.77. The molecule has 0 bridgehead atoms. The Bertz CT molecular complexity index is 735. The van der Waals surface area contributed by atoms with E-state index >= 15 is 0 Å². The average Bonchev–Trinajstić information content (AvgIpc) is 2.52. The van der Waals surface area contributed by atoms with Crippen LogP contribution in [0.2, 0.25) is 0 Å². The molecule has 118 valence electrons. The van der Waals surface area contributed by atoms with Crippen LogP contribution in [0.4, 0.5) is 10.1 Å². The predicted octanol–water partition coefficient (Wildman–Crippen LogP) is 4.99. The van der Waals surface area contributed by atoms with Gasteiger partial charge in [0.05, 0.1) is 5.37 Å². The maximum absolute atomic E-state index is 13.2. The number of halogens is 1. The maximum atomic E-state index is 13.2. The molecule has 1 unspecified atom stereocenters. The van der Waals surface area contributed by atoms with Crippen molar-refractivity contribution in [1.29, 1.82) is 0 Å². The third kappa shape index (κ3) is 4.02. The van der Waals surface area contributed by atoms with Gasteiger partial charge in [0.1, 0.15) is 0 Å². The van der Waals surface area contributed by atoms with Crippen LogP contribution >= 0.6 is 11.8 Å². The Hall–Kier alpha value is -2.07. The van der Waals surface area contributed by atoms with E-state index in [-0.39, 0.29) is 5.37 Å². The average molecular weight is 326 g/mol. The van der Waals surface area contributed by atoms with Crippen LogP contribution in [0.25, 0.3) is 0 Å². The van der Waals surface area contributed by atoms with Crippen molar-refractivity contribution in [3.05, 3.63) is 83.6 Å². The first kappa shape index (κ1) is 15.8. The Morgan fingerprint density at radius 1 is 1.13 bits per heavy atom. The lowest BCUT2D eigenvalue weighted by Crippen LogP contribution is -2.27. The van der Waals surface area contributed by atoms with E-state index in [2.05, 4.69) is 60.3 Å². The highest BCUT2D eigenvalue weighted by atomic mass is 32.2. The zero-order valence-electron chi connectivity index (χ0n) is 13.2. The van der Waals surface area contributed by atoms with Crippen LogP contribution in [0.15, 0.2) is 61.0 Å². The van der Waals surface area contributed by atoms with Gasteiger partial charge in [-0.2, -0.15) is 4.39 Å². The second kappa shape index (κ2) is 7.01. The summed E-state index contributed by atoms with van der Waals surface area (Å²) in [5.41, 5.74) is 4.64. The van der Waals surface area contributed by atoms with Gasteiger partial charge in [0.25, 0.3) is 0 Å². The van der Waals surface area contributed by atoms with E-state index in [1.807, 2.05) is 12.1 Å². The first-order valence-electron chi connectivity index (χ1n) is 7.55. The van der Waals surface area contributed by atoms with Gasteiger partial charge in [-0.25, -0.2) is 4.98 Å². The lowest BCUT2D eigenvalue weighted by molar-refractivity contribution is 0.582. The van der Waals surface area contributed by atoms with E-state index in [0.29, 0.717) is 0 Å². The molecule has 1 atom stereocenters. The third-order valence-corrected chi connectivity index (χ3v) is 4.85. The van der Waals surface area contributed by atoms with Gasteiger partial charge in [0.2, 0.25) is 5.95 Å². The van der Waals surface area contributed by atoms with Gasteiger partial charge >= 0.3 is 0 Å². The number of aromatic nitrogens is 1. The Balaban J connectivity index is 1.77. The van der Waals surface area contributed by atoms with Crippen molar-refractivity contribution >= 4 is 17.4 Å². The zero-order chi connectivity index (χ0) is 16.2. The van der Waals surface area contributed by atoms with Crippen LogP contribution in [-0.2, 0) is 5.75 Å². The maximum Gasteiger partial charge on any atom is 0.213 e. The molecule has 0 radical (unpaired) electrons. The summed E-state index contributed by atoms with van der Waals surface area (Å²) < 4.78 is 13.2. The normalized spacial score (nSPS) is 16.8. The third-order valence-electron chi connectivity index (χ3n) is 3.62. The number of pyridine rings is 1. The molecule has 0 spiro atoms. The van der Waals surface area contributed by atoms with Crippen LogP contribution in [0.5, 0.6) is 0 Å². The molecule has 1 aromatic heterocycles. The number of thioether (sulfide) groups is 1.